The number of amides is 1. The van der Waals surface area contributed by atoms with E-state index in [1.165, 1.54) is 12.3 Å². The van der Waals surface area contributed by atoms with Crippen LogP contribution in [-0.4, -0.2) is 80.3 Å². The molecule has 2 aromatic rings. The Bertz CT molecular complexity index is 1040. The molecule has 0 bridgehead atoms. The quantitative estimate of drug-likeness (QED) is 0.472. The van der Waals surface area contributed by atoms with Gasteiger partial charge in [-0.25, -0.2) is 4.98 Å². The van der Waals surface area contributed by atoms with Crippen molar-refractivity contribution in [2.45, 2.75) is 12.1 Å². The number of nitrogens with zero attached hydrogens (tertiary/aromatic N) is 4. The zero-order chi connectivity index (χ0) is 23.5. The number of nitrogens with one attached hydrogen (secondary N) is 3. The van der Waals surface area contributed by atoms with E-state index in [0.29, 0.717) is 40.0 Å². The molecule has 11 heteroatoms. The maximum atomic E-state index is 12.1. The summed E-state index contributed by atoms with van der Waals surface area (Å²) in [6.07, 6.45) is 2.75. The highest BCUT2D eigenvalue weighted by Gasteiger charge is 2.31. The Morgan fingerprint density at radius 1 is 1.33 bits per heavy atom. The predicted octanol–water partition coefficient (Wildman–Crippen LogP) is 2.11. The SMILES string of the molecule is C=CC(=O)Nc1cc(Nc2ncc(Cl)c(OC3CNC3)n2)c(OC)cc1N1CC(N(C)C)C1. The van der Waals surface area contributed by atoms with Crippen molar-refractivity contribution < 1.29 is 14.3 Å². The van der Waals surface area contributed by atoms with Gasteiger partial charge in [0.05, 0.1) is 30.4 Å². The first kappa shape index (κ1) is 23.1. The molecule has 3 N–H and O–H groups in total. The Labute approximate surface area is 197 Å². The van der Waals surface area contributed by atoms with Crippen molar-refractivity contribution in [2.75, 3.05) is 62.9 Å². The van der Waals surface area contributed by atoms with E-state index in [2.05, 4.69) is 56.4 Å². The fourth-order valence-corrected chi connectivity index (χ4v) is 3.61. The topological polar surface area (TPSA) is 104 Å². The van der Waals surface area contributed by atoms with E-state index >= 15 is 0 Å². The van der Waals surface area contributed by atoms with E-state index < -0.39 is 0 Å². The number of aromatic nitrogens is 2. The molecule has 176 valence electrons. The number of carbonyl (C=O) groups is 1. The number of carbonyl (C=O) groups excluding carboxylic acids is 1. The second-order valence-electron chi connectivity index (χ2n) is 8.16. The summed E-state index contributed by atoms with van der Waals surface area (Å²) < 4.78 is 11.4. The van der Waals surface area contributed by atoms with Gasteiger partial charge in [-0.3, -0.25) is 4.79 Å². The standard InChI is InChI=1S/C22H28ClN7O3/c1-5-20(31)26-16-6-17(19(32-4)7-18(16)30-11-13(12-30)29(2)3)27-22-25-10-15(23)21(28-22)33-14-8-24-9-14/h5-7,10,13-14,24H,1,8-9,11-12H2,2-4H3,(H,26,31)(H,25,27,28). The van der Waals surface area contributed by atoms with Crippen LogP contribution in [0.25, 0.3) is 0 Å². The van der Waals surface area contributed by atoms with E-state index in [4.69, 9.17) is 21.1 Å². The van der Waals surface area contributed by atoms with Crippen LogP contribution in [0.4, 0.5) is 23.0 Å². The van der Waals surface area contributed by atoms with Crippen molar-refractivity contribution in [3.05, 3.63) is 36.0 Å². The molecule has 1 aromatic heterocycles. The van der Waals surface area contributed by atoms with Crippen molar-refractivity contribution in [1.29, 1.82) is 0 Å². The lowest BCUT2D eigenvalue weighted by molar-refractivity contribution is -0.111. The zero-order valence-corrected chi connectivity index (χ0v) is 19.6. The summed E-state index contributed by atoms with van der Waals surface area (Å²) in [6.45, 7) is 6.73. The molecule has 0 aliphatic carbocycles. The van der Waals surface area contributed by atoms with Crippen LogP contribution in [-0.2, 0) is 4.79 Å². The number of likely N-dealkylation sites (N-methyl/N-ethyl adjacent to an activating group) is 1. The predicted molar refractivity (Wildman–Crippen MR) is 129 cm³/mol. The van der Waals surface area contributed by atoms with E-state index in [1.807, 2.05) is 6.07 Å². The van der Waals surface area contributed by atoms with Crippen molar-refractivity contribution in [1.82, 2.24) is 20.2 Å². The van der Waals surface area contributed by atoms with Gasteiger partial charge in [0, 0.05) is 38.3 Å². The molecule has 2 aliphatic rings. The highest BCUT2D eigenvalue weighted by atomic mass is 35.5. The van der Waals surface area contributed by atoms with Gasteiger partial charge in [-0.05, 0) is 26.2 Å². The van der Waals surface area contributed by atoms with Crippen molar-refractivity contribution >= 4 is 40.5 Å². The number of hydrogen-bond donors (Lipinski definition) is 3. The number of benzene rings is 1. The van der Waals surface area contributed by atoms with E-state index in [1.54, 1.807) is 13.2 Å². The highest BCUT2D eigenvalue weighted by Crippen LogP contribution is 2.40. The molecular formula is C22H28ClN7O3. The minimum Gasteiger partial charge on any atom is -0.494 e. The lowest BCUT2D eigenvalue weighted by Crippen LogP contribution is -2.57. The van der Waals surface area contributed by atoms with Gasteiger partial charge in [-0.2, -0.15) is 4.98 Å². The molecule has 4 rings (SSSR count). The largest absolute Gasteiger partial charge is 0.494 e. The molecule has 0 saturated carbocycles. The lowest BCUT2D eigenvalue weighted by Gasteiger charge is -2.45. The Balaban J connectivity index is 1.62. The number of methoxy groups -OCH3 is 1. The molecule has 0 spiro atoms. The van der Waals surface area contributed by atoms with Gasteiger partial charge in [-0.15, -0.1) is 0 Å². The van der Waals surface area contributed by atoms with Crippen LogP contribution in [0.5, 0.6) is 11.6 Å². The summed E-state index contributed by atoms with van der Waals surface area (Å²) in [5, 5.41) is 9.52. The summed E-state index contributed by atoms with van der Waals surface area (Å²) in [6, 6.07) is 4.14. The summed E-state index contributed by atoms with van der Waals surface area (Å²) in [4.78, 5) is 25.1. The molecule has 0 unspecified atom stereocenters. The Hall–Kier alpha value is -3.08. The maximum absolute atomic E-state index is 12.1. The molecule has 2 saturated heterocycles. The van der Waals surface area contributed by atoms with Gasteiger partial charge in [0.25, 0.3) is 0 Å². The average Bonchev–Trinajstić information content (AvgIpc) is 2.72. The van der Waals surface area contributed by atoms with Crippen LogP contribution in [0.1, 0.15) is 0 Å². The number of anilines is 4. The van der Waals surface area contributed by atoms with E-state index in [9.17, 15) is 4.79 Å². The Kier molecular flexibility index (Phi) is 6.87. The second-order valence-corrected chi connectivity index (χ2v) is 8.56. The molecule has 0 atom stereocenters. The van der Waals surface area contributed by atoms with Crippen molar-refractivity contribution in [3.8, 4) is 11.6 Å². The first-order chi connectivity index (χ1) is 15.9. The third-order valence-corrected chi connectivity index (χ3v) is 5.93. The van der Waals surface area contributed by atoms with E-state index in [0.717, 1.165) is 31.9 Å². The second kappa shape index (κ2) is 9.82. The Morgan fingerprint density at radius 3 is 2.70 bits per heavy atom. The fraction of sp³-hybridized carbons (Fsp3) is 0.409. The molecule has 3 heterocycles. The minimum absolute atomic E-state index is 0.0299. The van der Waals surface area contributed by atoms with Gasteiger partial charge in [0.2, 0.25) is 17.7 Å². The smallest absolute Gasteiger partial charge is 0.247 e. The van der Waals surface area contributed by atoms with Crippen LogP contribution in [0, 0.1) is 0 Å². The third kappa shape index (κ3) is 5.13. The van der Waals surface area contributed by atoms with Gasteiger partial charge in [0.15, 0.2) is 0 Å². The first-order valence-electron chi connectivity index (χ1n) is 10.6. The van der Waals surface area contributed by atoms with Crippen LogP contribution in [0.15, 0.2) is 31.0 Å². The molecule has 1 amide bonds. The van der Waals surface area contributed by atoms with Gasteiger partial charge >= 0.3 is 0 Å². The zero-order valence-electron chi connectivity index (χ0n) is 18.9. The first-order valence-corrected chi connectivity index (χ1v) is 11.0. The summed E-state index contributed by atoms with van der Waals surface area (Å²) >= 11 is 6.20. The number of halogens is 1. The minimum atomic E-state index is -0.301. The molecular weight excluding hydrogens is 446 g/mol. The molecule has 33 heavy (non-hydrogen) atoms. The van der Waals surface area contributed by atoms with Gasteiger partial charge in [0.1, 0.15) is 16.9 Å². The van der Waals surface area contributed by atoms with Gasteiger partial charge in [-0.1, -0.05) is 18.2 Å². The van der Waals surface area contributed by atoms with Crippen molar-refractivity contribution in [3.63, 3.8) is 0 Å². The van der Waals surface area contributed by atoms with Gasteiger partial charge < -0.3 is 35.2 Å². The lowest BCUT2D eigenvalue weighted by atomic mass is 10.0. The maximum Gasteiger partial charge on any atom is 0.247 e. The molecule has 0 radical (unpaired) electrons. The number of hydrogen-bond acceptors (Lipinski definition) is 9. The summed E-state index contributed by atoms with van der Waals surface area (Å²) in [5.41, 5.74) is 2.08. The number of rotatable bonds is 9. The summed E-state index contributed by atoms with van der Waals surface area (Å²) in [5.74, 6) is 0.890. The molecule has 2 aliphatic heterocycles. The Morgan fingerprint density at radius 2 is 2.09 bits per heavy atom. The fourth-order valence-electron chi connectivity index (χ4n) is 3.48. The summed E-state index contributed by atoms with van der Waals surface area (Å²) in [7, 11) is 5.70. The van der Waals surface area contributed by atoms with Crippen LogP contribution >= 0.6 is 11.6 Å². The van der Waals surface area contributed by atoms with Crippen LogP contribution < -0.4 is 30.3 Å². The highest BCUT2D eigenvalue weighted by molar-refractivity contribution is 6.31. The molecule has 2 fully saturated rings. The normalized spacial score (nSPS) is 16.1. The molecule has 1 aromatic carbocycles. The van der Waals surface area contributed by atoms with Crippen LogP contribution in [0.3, 0.4) is 0 Å². The molecule has 10 nitrogen and oxygen atoms in total. The van der Waals surface area contributed by atoms with Crippen LogP contribution in [0.2, 0.25) is 5.02 Å². The monoisotopic (exact) mass is 473 g/mol. The third-order valence-electron chi connectivity index (χ3n) is 5.68. The van der Waals surface area contributed by atoms with Crippen molar-refractivity contribution in [2.24, 2.45) is 0 Å². The number of ether oxygens (including phenoxy) is 2. The van der Waals surface area contributed by atoms with E-state index in [-0.39, 0.29) is 12.0 Å². The average molecular weight is 474 g/mol.